The van der Waals surface area contributed by atoms with E-state index in [0.717, 1.165) is 5.52 Å². The number of phenols is 1. The number of halogens is 1. The molecule has 1 N–H and O–H groups in total. The van der Waals surface area contributed by atoms with Crippen LogP contribution in [-0.2, 0) is 18.4 Å². The number of carbonyl (C=O) groups is 1. The molecule has 0 atom stereocenters. The molecule has 0 unspecified atom stereocenters. The molecule has 0 bridgehead atoms. The Kier molecular flexibility index (Phi) is 5.60. The Morgan fingerprint density at radius 3 is 2.59 bits per heavy atom. The van der Waals surface area contributed by atoms with Gasteiger partial charge in [0.1, 0.15) is 12.4 Å². The maximum atomic E-state index is 12.6. The third-order valence-electron chi connectivity index (χ3n) is 4.30. The quantitative estimate of drug-likeness (QED) is 0.582. The first kappa shape index (κ1) is 19.1. The van der Waals surface area contributed by atoms with Gasteiger partial charge in [-0.1, -0.05) is 12.1 Å². The van der Waals surface area contributed by atoms with Crippen LogP contribution in [-0.4, -0.2) is 29.4 Å². The predicted molar refractivity (Wildman–Crippen MR) is 106 cm³/mol. The van der Waals surface area contributed by atoms with Crippen LogP contribution in [0, 0.1) is 0 Å². The van der Waals surface area contributed by atoms with Gasteiger partial charge in [0, 0.05) is 12.4 Å². The van der Waals surface area contributed by atoms with Crippen molar-refractivity contribution in [3.8, 4) is 17.2 Å². The van der Waals surface area contributed by atoms with Crippen molar-refractivity contribution < 1.29 is 24.1 Å². The zero-order valence-corrected chi connectivity index (χ0v) is 16.9. The van der Waals surface area contributed by atoms with Crippen molar-refractivity contribution in [3.63, 3.8) is 0 Å². The zero-order chi connectivity index (χ0) is 19.6. The van der Waals surface area contributed by atoms with E-state index in [1.165, 1.54) is 0 Å². The number of hydrogen-bond donors (Lipinski definition) is 1. The number of phenolic OH excluding ortho intramolecular Hbond substituents is 1. The molecule has 0 spiro atoms. The van der Waals surface area contributed by atoms with Crippen molar-refractivity contribution in [3.05, 3.63) is 52.1 Å². The van der Waals surface area contributed by atoms with Crippen LogP contribution in [0.5, 0.6) is 17.2 Å². The fourth-order valence-corrected chi connectivity index (χ4v) is 3.31. The average molecular weight is 434 g/mol. The summed E-state index contributed by atoms with van der Waals surface area (Å²) >= 11 is 3.32. The van der Waals surface area contributed by atoms with Crippen LogP contribution >= 0.6 is 15.9 Å². The van der Waals surface area contributed by atoms with Crippen molar-refractivity contribution >= 4 is 32.8 Å². The lowest BCUT2D eigenvalue weighted by Gasteiger charge is -2.12. The van der Waals surface area contributed by atoms with E-state index in [4.69, 9.17) is 14.2 Å². The summed E-state index contributed by atoms with van der Waals surface area (Å²) in [4.78, 5) is 12.6. The van der Waals surface area contributed by atoms with Gasteiger partial charge < -0.3 is 23.9 Å². The molecule has 1 aromatic heterocycles. The molecule has 0 aliphatic carbocycles. The summed E-state index contributed by atoms with van der Waals surface area (Å²) in [7, 11) is 3.42. The lowest BCUT2D eigenvalue weighted by molar-refractivity contribution is 0.0525. The van der Waals surface area contributed by atoms with E-state index in [9.17, 15) is 9.90 Å². The number of aromatic hydroxyl groups is 1. The van der Waals surface area contributed by atoms with E-state index in [1.54, 1.807) is 38.3 Å². The summed E-state index contributed by atoms with van der Waals surface area (Å²) in [6.07, 6.45) is 0. The highest BCUT2D eigenvalue weighted by Gasteiger charge is 2.24. The molecule has 0 aliphatic rings. The second-order valence-electron chi connectivity index (χ2n) is 5.86. The summed E-state index contributed by atoms with van der Waals surface area (Å²) in [5.41, 5.74) is 1.81. The van der Waals surface area contributed by atoms with Gasteiger partial charge in [-0.25, -0.2) is 4.79 Å². The van der Waals surface area contributed by atoms with Crippen molar-refractivity contribution in [1.29, 1.82) is 0 Å². The predicted octanol–water partition coefficient (Wildman–Crippen LogP) is 4.41. The molecule has 0 radical (unpaired) electrons. The van der Waals surface area contributed by atoms with Crippen LogP contribution in [0.25, 0.3) is 10.9 Å². The second kappa shape index (κ2) is 7.92. The average Bonchev–Trinajstić information content (AvgIpc) is 2.92. The molecule has 0 amide bonds. The molecule has 0 aliphatic heterocycles. The first-order valence-corrected chi connectivity index (χ1v) is 9.19. The molecule has 0 fully saturated rings. The minimum atomic E-state index is -0.455. The number of hydrogen-bond acceptors (Lipinski definition) is 5. The number of benzene rings is 2. The van der Waals surface area contributed by atoms with E-state index >= 15 is 0 Å². The summed E-state index contributed by atoms with van der Waals surface area (Å²) in [5.74, 6) is 0.776. The molecule has 7 heteroatoms. The van der Waals surface area contributed by atoms with Gasteiger partial charge in [-0.05, 0) is 47.1 Å². The lowest BCUT2D eigenvalue weighted by Crippen LogP contribution is -2.11. The van der Waals surface area contributed by atoms with Crippen LogP contribution in [0.2, 0.25) is 0 Å². The topological polar surface area (TPSA) is 69.9 Å². The fourth-order valence-electron chi connectivity index (χ4n) is 2.98. The zero-order valence-electron chi connectivity index (χ0n) is 15.3. The van der Waals surface area contributed by atoms with Crippen LogP contribution in [0.1, 0.15) is 23.0 Å². The third kappa shape index (κ3) is 3.60. The molecule has 3 aromatic rings. The number of ether oxygens (including phenoxy) is 3. The van der Waals surface area contributed by atoms with Crippen LogP contribution in [0.15, 0.2) is 40.9 Å². The van der Waals surface area contributed by atoms with Gasteiger partial charge in [-0.3, -0.25) is 0 Å². The molecule has 142 valence electrons. The standard InChI is InChI=1S/C20H20BrNO5/c1-4-26-20(24)19-12-9-16(23)13(21)10-14(12)22(2)15(19)11-27-18-8-6-5-7-17(18)25-3/h5-10,23H,4,11H2,1-3H3. The second-order valence-corrected chi connectivity index (χ2v) is 6.72. The van der Waals surface area contributed by atoms with E-state index in [0.29, 0.717) is 32.6 Å². The van der Waals surface area contributed by atoms with E-state index in [2.05, 4.69) is 15.9 Å². The van der Waals surface area contributed by atoms with Gasteiger partial charge in [0.05, 0.1) is 35.0 Å². The van der Waals surface area contributed by atoms with Crippen molar-refractivity contribution in [2.45, 2.75) is 13.5 Å². The molecule has 27 heavy (non-hydrogen) atoms. The molecular formula is C20H20BrNO5. The van der Waals surface area contributed by atoms with Crippen molar-refractivity contribution in [2.24, 2.45) is 7.05 Å². The molecular weight excluding hydrogens is 414 g/mol. The first-order valence-electron chi connectivity index (χ1n) is 8.40. The Balaban J connectivity index is 2.09. The highest BCUT2D eigenvalue weighted by molar-refractivity contribution is 9.10. The minimum Gasteiger partial charge on any atom is -0.507 e. The Morgan fingerprint density at radius 2 is 1.93 bits per heavy atom. The smallest absolute Gasteiger partial charge is 0.340 e. The van der Waals surface area contributed by atoms with Gasteiger partial charge in [-0.2, -0.15) is 0 Å². The maximum Gasteiger partial charge on any atom is 0.340 e. The third-order valence-corrected chi connectivity index (χ3v) is 4.94. The van der Waals surface area contributed by atoms with Gasteiger partial charge in [0.2, 0.25) is 0 Å². The minimum absolute atomic E-state index is 0.0517. The summed E-state index contributed by atoms with van der Waals surface area (Å²) < 4.78 is 18.9. The highest BCUT2D eigenvalue weighted by Crippen LogP contribution is 2.35. The number of fused-ring (bicyclic) bond motifs is 1. The van der Waals surface area contributed by atoms with Crippen LogP contribution in [0.3, 0.4) is 0 Å². The Morgan fingerprint density at radius 1 is 1.22 bits per heavy atom. The number of esters is 1. The van der Waals surface area contributed by atoms with Crippen molar-refractivity contribution in [1.82, 2.24) is 4.57 Å². The Hall–Kier alpha value is -2.67. The lowest BCUT2D eigenvalue weighted by atomic mass is 10.1. The van der Waals surface area contributed by atoms with E-state index in [-0.39, 0.29) is 19.0 Å². The number of aromatic nitrogens is 1. The van der Waals surface area contributed by atoms with Crippen LogP contribution in [0.4, 0.5) is 0 Å². The first-order chi connectivity index (χ1) is 13.0. The molecule has 2 aromatic carbocycles. The SMILES string of the molecule is CCOC(=O)c1c(COc2ccccc2OC)n(C)c2cc(Br)c(O)cc12. The summed E-state index contributed by atoms with van der Waals surface area (Å²) in [6.45, 7) is 2.14. The number of methoxy groups -OCH3 is 1. The molecule has 3 rings (SSSR count). The molecule has 0 saturated heterocycles. The number of carbonyl (C=O) groups excluding carboxylic acids is 1. The summed E-state index contributed by atoms with van der Waals surface area (Å²) in [6, 6.07) is 10.6. The number of aryl methyl sites for hydroxylation is 1. The molecule has 0 saturated carbocycles. The van der Waals surface area contributed by atoms with Gasteiger partial charge in [-0.15, -0.1) is 0 Å². The monoisotopic (exact) mass is 433 g/mol. The van der Waals surface area contributed by atoms with Crippen molar-refractivity contribution in [2.75, 3.05) is 13.7 Å². The Bertz CT molecular complexity index is 996. The summed E-state index contributed by atoms with van der Waals surface area (Å²) in [5, 5.41) is 10.7. The normalized spacial score (nSPS) is 10.8. The number of rotatable bonds is 6. The van der Waals surface area contributed by atoms with E-state index < -0.39 is 5.97 Å². The highest BCUT2D eigenvalue weighted by atomic mass is 79.9. The van der Waals surface area contributed by atoms with Gasteiger partial charge in [0.15, 0.2) is 11.5 Å². The Labute approximate surface area is 165 Å². The molecule has 1 heterocycles. The molecule has 6 nitrogen and oxygen atoms in total. The largest absolute Gasteiger partial charge is 0.507 e. The van der Waals surface area contributed by atoms with Gasteiger partial charge >= 0.3 is 5.97 Å². The van der Waals surface area contributed by atoms with E-state index in [1.807, 2.05) is 23.7 Å². The maximum absolute atomic E-state index is 12.6. The fraction of sp³-hybridized carbons (Fsp3) is 0.250. The number of para-hydroxylation sites is 2. The van der Waals surface area contributed by atoms with Gasteiger partial charge in [0.25, 0.3) is 0 Å². The van der Waals surface area contributed by atoms with Crippen LogP contribution < -0.4 is 9.47 Å². The number of nitrogens with zero attached hydrogens (tertiary/aromatic N) is 1.